The molecule has 0 bridgehead atoms. The van der Waals surface area contributed by atoms with Gasteiger partial charge in [-0.05, 0) is 43.2 Å². The highest BCUT2D eigenvalue weighted by Crippen LogP contribution is 2.40. The smallest absolute Gasteiger partial charge is 0.223 e. The lowest BCUT2D eigenvalue weighted by atomic mass is 10.1. The van der Waals surface area contributed by atoms with Crippen LogP contribution in [0.1, 0.15) is 24.5 Å². The summed E-state index contributed by atoms with van der Waals surface area (Å²) in [6, 6.07) is 8.38. The summed E-state index contributed by atoms with van der Waals surface area (Å²) < 4.78 is 31.0. The summed E-state index contributed by atoms with van der Waals surface area (Å²) in [5.41, 5.74) is 1.33. The van der Waals surface area contributed by atoms with E-state index in [1.54, 1.807) is 44.4 Å². The normalized spacial score (nSPS) is 10.5. The molecule has 0 aliphatic rings. The van der Waals surface area contributed by atoms with E-state index < -0.39 is 0 Å². The van der Waals surface area contributed by atoms with Gasteiger partial charge < -0.3 is 19.1 Å². The summed E-state index contributed by atoms with van der Waals surface area (Å²) >= 11 is 3.34. The summed E-state index contributed by atoms with van der Waals surface area (Å²) in [7, 11) is 4.65. The van der Waals surface area contributed by atoms with Crippen molar-refractivity contribution in [1.29, 1.82) is 0 Å². The number of amides is 1. The van der Waals surface area contributed by atoms with Gasteiger partial charge >= 0.3 is 0 Å². The Balaban J connectivity index is 2.12. The average Bonchev–Trinajstić information content (AvgIpc) is 2.71. The van der Waals surface area contributed by atoms with Crippen LogP contribution in [-0.4, -0.2) is 38.7 Å². The van der Waals surface area contributed by atoms with Crippen molar-refractivity contribution < 1.29 is 23.4 Å². The second-order valence-electron chi connectivity index (χ2n) is 6.14. The largest absolute Gasteiger partial charge is 0.493 e. The van der Waals surface area contributed by atoms with E-state index in [0.717, 1.165) is 10.0 Å². The van der Waals surface area contributed by atoms with Gasteiger partial charge in [-0.2, -0.15) is 0 Å². The lowest BCUT2D eigenvalue weighted by molar-refractivity contribution is -0.131. The fraction of sp³-hybridized carbons (Fsp3) is 0.381. The summed E-state index contributed by atoms with van der Waals surface area (Å²) in [6.45, 7) is 2.60. The number of methoxy groups -OCH3 is 3. The van der Waals surface area contributed by atoms with Gasteiger partial charge in [0.25, 0.3) is 0 Å². The molecule has 0 aliphatic heterocycles. The van der Waals surface area contributed by atoms with Crippen LogP contribution in [-0.2, 0) is 17.8 Å². The zero-order valence-corrected chi connectivity index (χ0v) is 18.1. The molecule has 2 rings (SSSR count). The van der Waals surface area contributed by atoms with E-state index in [1.807, 2.05) is 13.0 Å². The van der Waals surface area contributed by atoms with Gasteiger partial charge in [-0.25, -0.2) is 4.39 Å². The minimum Gasteiger partial charge on any atom is -0.493 e. The fourth-order valence-corrected chi connectivity index (χ4v) is 3.41. The molecule has 0 aliphatic carbocycles. The zero-order valence-electron chi connectivity index (χ0n) is 16.6. The monoisotopic (exact) mass is 453 g/mol. The van der Waals surface area contributed by atoms with E-state index in [1.165, 1.54) is 6.07 Å². The lowest BCUT2D eigenvalue weighted by Crippen LogP contribution is -2.30. The summed E-state index contributed by atoms with van der Waals surface area (Å²) in [5.74, 6) is 1.23. The van der Waals surface area contributed by atoms with Crippen LogP contribution >= 0.6 is 15.9 Å². The molecular formula is C21H25BrFNO4. The van der Waals surface area contributed by atoms with Crippen LogP contribution in [0.5, 0.6) is 17.2 Å². The van der Waals surface area contributed by atoms with Gasteiger partial charge in [0.15, 0.2) is 11.5 Å². The molecule has 0 aromatic heterocycles. The first kappa shape index (κ1) is 22.0. The molecular weight excluding hydrogens is 429 g/mol. The van der Waals surface area contributed by atoms with E-state index in [4.69, 9.17) is 14.2 Å². The molecule has 152 valence electrons. The molecule has 0 saturated heterocycles. The summed E-state index contributed by atoms with van der Waals surface area (Å²) in [5, 5.41) is 0. The predicted molar refractivity (Wildman–Crippen MR) is 110 cm³/mol. The Morgan fingerprint density at radius 3 is 2.36 bits per heavy atom. The number of carbonyl (C=O) groups excluding carboxylic acids is 1. The molecule has 7 heteroatoms. The van der Waals surface area contributed by atoms with Crippen molar-refractivity contribution in [2.24, 2.45) is 0 Å². The number of halogens is 2. The molecule has 0 N–H and O–H groups in total. The maximum Gasteiger partial charge on any atom is 0.223 e. The SMILES string of the molecule is CCN(Cc1cc(Br)ccc1F)C(=O)CCc1ccc(OC)c(OC)c1OC. The molecule has 2 aromatic rings. The van der Waals surface area contributed by atoms with Crippen LogP contribution in [0.3, 0.4) is 0 Å². The Morgan fingerprint density at radius 1 is 1.04 bits per heavy atom. The van der Waals surface area contributed by atoms with Crippen LogP contribution in [0.15, 0.2) is 34.8 Å². The highest BCUT2D eigenvalue weighted by atomic mass is 79.9. The minimum atomic E-state index is -0.323. The molecule has 1 amide bonds. The average molecular weight is 454 g/mol. The first-order chi connectivity index (χ1) is 13.4. The number of aryl methyl sites for hydroxylation is 1. The van der Waals surface area contributed by atoms with Crippen LogP contribution in [0, 0.1) is 5.82 Å². The summed E-state index contributed by atoms with van der Waals surface area (Å²) in [4.78, 5) is 14.4. The standard InChI is InChI=1S/C21H25BrFNO4/c1-5-24(13-15-12-16(22)8-9-17(15)23)19(25)11-7-14-6-10-18(26-2)21(28-4)20(14)27-3/h6,8-10,12H,5,7,11,13H2,1-4H3. The third-order valence-electron chi connectivity index (χ3n) is 4.50. The third-order valence-corrected chi connectivity index (χ3v) is 4.99. The highest BCUT2D eigenvalue weighted by Gasteiger charge is 2.19. The van der Waals surface area contributed by atoms with Crippen molar-refractivity contribution in [1.82, 2.24) is 4.90 Å². The Hall–Kier alpha value is -2.28. The van der Waals surface area contributed by atoms with Gasteiger partial charge in [0.05, 0.1) is 21.3 Å². The molecule has 0 radical (unpaired) electrons. The highest BCUT2D eigenvalue weighted by molar-refractivity contribution is 9.10. The van der Waals surface area contributed by atoms with Crippen LogP contribution in [0.4, 0.5) is 4.39 Å². The molecule has 5 nitrogen and oxygen atoms in total. The van der Waals surface area contributed by atoms with Crippen molar-refractivity contribution >= 4 is 21.8 Å². The molecule has 28 heavy (non-hydrogen) atoms. The van der Waals surface area contributed by atoms with Gasteiger partial charge in [0, 0.05) is 29.5 Å². The Morgan fingerprint density at radius 2 is 1.75 bits per heavy atom. The van der Waals surface area contributed by atoms with Crippen molar-refractivity contribution in [3.8, 4) is 17.2 Å². The molecule has 0 unspecified atom stereocenters. The molecule has 0 spiro atoms. The number of nitrogens with zero attached hydrogens (tertiary/aromatic N) is 1. The number of benzene rings is 2. The van der Waals surface area contributed by atoms with Gasteiger partial charge in [-0.15, -0.1) is 0 Å². The van der Waals surface area contributed by atoms with Crippen LogP contribution < -0.4 is 14.2 Å². The van der Waals surface area contributed by atoms with E-state index in [0.29, 0.717) is 35.8 Å². The lowest BCUT2D eigenvalue weighted by Gasteiger charge is -2.22. The maximum atomic E-state index is 14.0. The molecule has 0 heterocycles. The number of hydrogen-bond acceptors (Lipinski definition) is 4. The first-order valence-corrected chi connectivity index (χ1v) is 9.73. The zero-order chi connectivity index (χ0) is 20.7. The number of ether oxygens (including phenoxy) is 3. The minimum absolute atomic E-state index is 0.0567. The Labute approximate surface area is 173 Å². The van der Waals surface area contributed by atoms with Crippen molar-refractivity contribution in [3.63, 3.8) is 0 Å². The third kappa shape index (κ3) is 5.16. The number of rotatable bonds is 9. The Kier molecular flexibility index (Phi) is 8.11. The van der Waals surface area contributed by atoms with Gasteiger partial charge in [0.1, 0.15) is 5.82 Å². The van der Waals surface area contributed by atoms with Gasteiger partial charge in [-0.1, -0.05) is 22.0 Å². The topological polar surface area (TPSA) is 48.0 Å². The van der Waals surface area contributed by atoms with Crippen LogP contribution in [0.2, 0.25) is 0 Å². The van der Waals surface area contributed by atoms with Crippen molar-refractivity contribution in [2.45, 2.75) is 26.3 Å². The molecule has 0 fully saturated rings. The molecule has 0 saturated carbocycles. The van der Waals surface area contributed by atoms with Crippen molar-refractivity contribution in [2.75, 3.05) is 27.9 Å². The van der Waals surface area contributed by atoms with Gasteiger partial charge in [-0.3, -0.25) is 4.79 Å². The molecule has 0 atom stereocenters. The Bertz CT molecular complexity index is 828. The van der Waals surface area contributed by atoms with E-state index in [9.17, 15) is 9.18 Å². The summed E-state index contributed by atoms with van der Waals surface area (Å²) in [6.07, 6.45) is 0.745. The number of hydrogen-bond donors (Lipinski definition) is 0. The van der Waals surface area contributed by atoms with E-state index in [-0.39, 0.29) is 24.7 Å². The quantitative estimate of drug-likeness (QED) is 0.556. The fourth-order valence-electron chi connectivity index (χ4n) is 3.01. The van der Waals surface area contributed by atoms with E-state index >= 15 is 0 Å². The van der Waals surface area contributed by atoms with E-state index in [2.05, 4.69) is 15.9 Å². The van der Waals surface area contributed by atoms with Crippen LogP contribution in [0.25, 0.3) is 0 Å². The van der Waals surface area contributed by atoms with Gasteiger partial charge in [0.2, 0.25) is 11.7 Å². The number of carbonyl (C=O) groups is 1. The predicted octanol–water partition coefficient (Wildman–Crippen LogP) is 4.60. The second kappa shape index (κ2) is 10.3. The maximum absolute atomic E-state index is 14.0. The second-order valence-corrected chi connectivity index (χ2v) is 7.05. The van der Waals surface area contributed by atoms with Crippen molar-refractivity contribution in [3.05, 3.63) is 51.7 Å². The molecule has 2 aromatic carbocycles. The first-order valence-electron chi connectivity index (χ1n) is 8.94.